The lowest BCUT2D eigenvalue weighted by molar-refractivity contribution is -0.122. The van der Waals surface area contributed by atoms with E-state index in [0.29, 0.717) is 11.6 Å². The van der Waals surface area contributed by atoms with Crippen LogP contribution in [-0.4, -0.2) is 32.7 Å². The van der Waals surface area contributed by atoms with Crippen molar-refractivity contribution in [3.05, 3.63) is 29.3 Å². The Bertz CT molecular complexity index is 775. The van der Waals surface area contributed by atoms with Gasteiger partial charge in [0.15, 0.2) is 0 Å². The van der Waals surface area contributed by atoms with Crippen molar-refractivity contribution >= 4 is 21.6 Å². The topological polar surface area (TPSA) is 66.5 Å². The molecular formula is C19H28N2O3S. The Labute approximate surface area is 150 Å². The van der Waals surface area contributed by atoms with Crippen LogP contribution in [0.3, 0.4) is 0 Å². The van der Waals surface area contributed by atoms with Gasteiger partial charge in [0.1, 0.15) is 6.04 Å². The molecule has 2 bridgehead atoms. The average molecular weight is 365 g/mol. The van der Waals surface area contributed by atoms with E-state index in [1.54, 1.807) is 13.0 Å². The van der Waals surface area contributed by atoms with Gasteiger partial charge in [-0.25, -0.2) is 8.42 Å². The van der Waals surface area contributed by atoms with Crippen LogP contribution in [0.1, 0.15) is 43.7 Å². The molecule has 0 aliphatic heterocycles. The van der Waals surface area contributed by atoms with E-state index in [0.717, 1.165) is 29.7 Å². The van der Waals surface area contributed by atoms with E-state index < -0.39 is 16.1 Å². The van der Waals surface area contributed by atoms with Gasteiger partial charge in [0.2, 0.25) is 15.9 Å². The fourth-order valence-electron chi connectivity index (χ4n) is 4.40. The number of sulfonamides is 1. The third-order valence-corrected chi connectivity index (χ3v) is 7.14. The molecule has 2 fully saturated rings. The maximum absolute atomic E-state index is 12.8. The minimum absolute atomic E-state index is 0.204. The highest BCUT2D eigenvalue weighted by molar-refractivity contribution is 7.92. The first-order chi connectivity index (χ1) is 11.7. The Balaban J connectivity index is 1.80. The molecule has 2 aliphatic rings. The van der Waals surface area contributed by atoms with Gasteiger partial charge in [0.05, 0.1) is 11.9 Å². The number of hydrogen-bond donors (Lipinski definition) is 1. The Hall–Kier alpha value is -1.56. The Kier molecular flexibility index (Phi) is 4.84. The van der Waals surface area contributed by atoms with Gasteiger partial charge in [-0.05, 0) is 75.1 Å². The van der Waals surface area contributed by atoms with E-state index >= 15 is 0 Å². The van der Waals surface area contributed by atoms with Crippen LogP contribution >= 0.6 is 0 Å². The van der Waals surface area contributed by atoms with Crippen molar-refractivity contribution in [2.45, 2.75) is 58.5 Å². The fraction of sp³-hybridized carbons (Fsp3) is 0.632. The number of nitrogens with zero attached hydrogens (tertiary/aromatic N) is 1. The molecule has 2 aliphatic carbocycles. The molecule has 4 unspecified atom stereocenters. The zero-order chi connectivity index (χ0) is 18.4. The molecule has 5 nitrogen and oxygen atoms in total. The number of rotatable bonds is 5. The van der Waals surface area contributed by atoms with Crippen LogP contribution in [0.15, 0.2) is 18.2 Å². The molecular weight excluding hydrogens is 336 g/mol. The number of nitrogens with one attached hydrogen (secondary N) is 1. The summed E-state index contributed by atoms with van der Waals surface area (Å²) in [5, 5.41) is 3.11. The maximum Gasteiger partial charge on any atom is 0.243 e. The van der Waals surface area contributed by atoms with Gasteiger partial charge >= 0.3 is 0 Å². The molecule has 1 aromatic carbocycles. The van der Waals surface area contributed by atoms with Crippen molar-refractivity contribution in [1.82, 2.24) is 5.32 Å². The summed E-state index contributed by atoms with van der Waals surface area (Å²) in [6, 6.07) is 4.93. The predicted molar refractivity (Wildman–Crippen MR) is 100 cm³/mol. The normalized spacial score (nSPS) is 26.5. The molecule has 2 saturated carbocycles. The fourth-order valence-corrected chi connectivity index (χ4v) is 5.56. The summed E-state index contributed by atoms with van der Waals surface area (Å²) in [6.07, 6.45) is 5.84. The molecule has 1 N–H and O–H groups in total. The Morgan fingerprint density at radius 1 is 1.20 bits per heavy atom. The number of fused-ring (bicyclic) bond motifs is 2. The molecule has 0 saturated heterocycles. The molecule has 0 spiro atoms. The van der Waals surface area contributed by atoms with Crippen LogP contribution in [0, 0.1) is 25.7 Å². The first kappa shape index (κ1) is 18.2. The molecule has 3 rings (SSSR count). The van der Waals surface area contributed by atoms with Crippen LogP contribution in [0.2, 0.25) is 0 Å². The quantitative estimate of drug-likeness (QED) is 0.874. The molecule has 138 valence electrons. The largest absolute Gasteiger partial charge is 0.351 e. The number of benzene rings is 1. The Morgan fingerprint density at radius 2 is 1.92 bits per heavy atom. The SMILES string of the molecule is Cc1ccc(N(C(C)C(=O)NC2CC3CCC2C3)S(C)(=O)=O)cc1C. The molecule has 6 heteroatoms. The van der Waals surface area contributed by atoms with Crippen LogP contribution in [0.5, 0.6) is 0 Å². The van der Waals surface area contributed by atoms with E-state index in [2.05, 4.69) is 5.32 Å². The number of aryl methyl sites for hydroxylation is 2. The highest BCUT2D eigenvalue weighted by Crippen LogP contribution is 2.44. The summed E-state index contributed by atoms with van der Waals surface area (Å²) in [5.41, 5.74) is 2.64. The summed E-state index contributed by atoms with van der Waals surface area (Å²) in [4.78, 5) is 12.8. The maximum atomic E-state index is 12.8. The van der Waals surface area contributed by atoms with E-state index in [1.807, 2.05) is 26.0 Å². The third kappa shape index (κ3) is 3.68. The summed E-state index contributed by atoms with van der Waals surface area (Å²) in [5.74, 6) is 1.09. The van der Waals surface area contributed by atoms with Crippen molar-refractivity contribution < 1.29 is 13.2 Å². The number of carbonyl (C=O) groups is 1. The second kappa shape index (κ2) is 6.63. The molecule has 0 radical (unpaired) electrons. The van der Waals surface area contributed by atoms with Crippen LogP contribution in [0.4, 0.5) is 5.69 Å². The van der Waals surface area contributed by atoms with Crippen molar-refractivity contribution in [1.29, 1.82) is 0 Å². The standard InChI is InChI=1S/C19H28N2O3S/c1-12-5-8-17(9-13(12)2)21(25(4,23)24)14(3)19(22)20-18-11-15-6-7-16(18)10-15/h5,8-9,14-16,18H,6-7,10-11H2,1-4H3,(H,20,22). The van der Waals surface area contributed by atoms with Crippen molar-refractivity contribution in [3.63, 3.8) is 0 Å². The summed E-state index contributed by atoms with van der Waals surface area (Å²) < 4.78 is 26.0. The van der Waals surface area contributed by atoms with Gasteiger partial charge in [0.25, 0.3) is 0 Å². The lowest BCUT2D eigenvalue weighted by Gasteiger charge is -2.31. The van der Waals surface area contributed by atoms with E-state index in [1.165, 1.54) is 23.6 Å². The zero-order valence-corrected chi connectivity index (χ0v) is 16.3. The zero-order valence-electron chi connectivity index (χ0n) is 15.5. The highest BCUT2D eigenvalue weighted by Gasteiger charge is 2.41. The van der Waals surface area contributed by atoms with E-state index in [4.69, 9.17) is 0 Å². The molecule has 4 atom stereocenters. The first-order valence-electron chi connectivity index (χ1n) is 9.04. The smallest absolute Gasteiger partial charge is 0.243 e. The minimum atomic E-state index is -3.56. The average Bonchev–Trinajstić information content (AvgIpc) is 3.12. The number of anilines is 1. The van der Waals surface area contributed by atoms with Crippen molar-refractivity contribution in [3.8, 4) is 0 Å². The van der Waals surface area contributed by atoms with Gasteiger partial charge < -0.3 is 5.32 Å². The monoisotopic (exact) mass is 364 g/mol. The Morgan fingerprint density at radius 3 is 2.44 bits per heavy atom. The van der Waals surface area contributed by atoms with Gasteiger partial charge in [-0.2, -0.15) is 0 Å². The van der Waals surface area contributed by atoms with Gasteiger partial charge in [-0.1, -0.05) is 12.5 Å². The van der Waals surface area contributed by atoms with E-state index in [9.17, 15) is 13.2 Å². The van der Waals surface area contributed by atoms with Crippen LogP contribution in [0.25, 0.3) is 0 Å². The van der Waals surface area contributed by atoms with Gasteiger partial charge in [0, 0.05) is 6.04 Å². The summed E-state index contributed by atoms with van der Waals surface area (Å²) in [7, 11) is -3.56. The van der Waals surface area contributed by atoms with Crippen molar-refractivity contribution in [2.24, 2.45) is 11.8 Å². The lowest BCUT2D eigenvalue weighted by atomic mass is 9.95. The molecule has 1 amide bonds. The number of amides is 1. The first-order valence-corrected chi connectivity index (χ1v) is 10.9. The molecule has 1 aromatic rings. The predicted octanol–water partition coefficient (Wildman–Crippen LogP) is 2.76. The summed E-state index contributed by atoms with van der Waals surface area (Å²) in [6.45, 7) is 5.59. The van der Waals surface area contributed by atoms with Crippen LogP contribution in [-0.2, 0) is 14.8 Å². The van der Waals surface area contributed by atoms with Crippen LogP contribution < -0.4 is 9.62 Å². The number of carbonyl (C=O) groups excluding carboxylic acids is 1. The molecule has 25 heavy (non-hydrogen) atoms. The number of hydrogen-bond acceptors (Lipinski definition) is 3. The second-order valence-corrected chi connectivity index (χ2v) is 9.65. The van der Waals surface area contributed by atoms with Crippen molar-refractivity contribution in [2.75, 3.05) is 10.6 Å². The van der Waals surface area contributed by atoms with Gasteiger partial charge in [-0.15, -0.1) is 0 Å². The highest BCUT2D eigenvalue weighted by atomic mass is 32.2. The molecule has 0 heterocycles. The molecule has 0 aromatic heterocycles. The third-order valence-electron chi connectivity index (χ3n) is 5.90. The lowest BCUT2D eigenvalue weighted by Crippen LogP contribution is -2.51. The summed E-state index contributed by atoms with van der Waals surface area (Å²) >= 11 is 0. The van der Waals surface area contributed by atoms with E-state index in [-0.39, 0.29) is 11.9 Å². The van der Waals surface area contributed by atoms with Gasteiger partial charge in [-0.3, -0.25) is 9.10 Å². The second-order valence-electron chi connectivity index (χ2n) is 7.79. The minimum Gasteiger partial charge on any atom is -0.351 e.